The van der Waals surface area contributed by atoms with Crippen LogP contribution in [-0.4, -0.2) is 34.2 Å². The van der Waals surface area contributed by atoms with Crippen LogP contribution in [0.1, 0.15) is 19.4 Å². The van der Waals surface area contributed by atoms with Crippen LogP contribution in [0.15, 0.2) is 18.2 Å². The van der Waals surface area contributed by atoms with Gasteiger partial charge in [-0.05, 0) is 31.5 Å². The number of benzene rings is 1. The fraction of sp³-hybridized carbons (Fsp3) is 0.385. The second-order valence-electron chi connectivity index (χ2n) is 4.84. The van der Waals surface area contributed by atoms with Crippen LogP contribution >= 0.6 is 0 Å². The fourth-order valence-corrected chi connectivity index (χ4v) is 2.00. The Morgan fingerprint density at radius 3 is 2.74 bits per heavy atom. The lowest BCUT2D eigenvalue weighted by atomic mass is 10.00. The monoisotopic (exact) mass is 265 g/mol. The van der Waals surface area contributed by atoms with Gasteiger partial charge in [0.2, 0.25) is 0 Å². The van der Waals surface area contributed by atoms with E-state index in [1.165, 1.54) is 18.7 Å². The van der Waals surface area contributed by atoms with Crippen molar-refractivity contribution in [1.82, 2.24) is 0 Å². The van der Waals surface area contributed by atoms with Crippen LogP contribution in [0.4, 0.5) is 5.69 Å². The number of carboxylic acids is 1. The van der Waals surface area contributed by atoms with E-state index in [0.717, 1.165) is 0 Å². The van der Waals surface area contributed by atoms with Crippen molar-refractivity contribution in [2.45, 2.75) is 26.0 Å². The first-order valence-electron chi connectivity index (χ1n) is 5.81. The number of aliphatic hydroxyl groups excluding tert-OH is 1. The van der Waals surface area contributed by atoms with E-state index in [0.29, 0.717) is 17.0 Å². The van der Waals surface area contributed by atoms with Gasteiger partial charge in [0.15, 0.2) is 6.61 Å². The van der Waals surface area contributed by atoms with Crippen LogP contribution in [0.25, 0.3) is 0 Å². The van der Waals surface area contributed by atoms with Gasteiger partial charge in [-0.1, -0.05) is 6.07 Å². The number of aliphatic carboxylic acids is 1. The Balaban J connectivity index is 2.53. The summed E-state index contributed by atoms with van der Waals surface area (Å²) < 4.78 is 5.29. The highest BCUT2D eigenvalue weighted by Crippen LogP contribution is 2.37. The first kappa shape index (κ1) is 13.4. The zero-order valence-electron chi connectivity index (χ0n) is 10.7. The highest BCUT2D eigenvalue weighted by atomic mass is 16.5. The van der Waals surface area contributed by atoms with Gasteiger partial charge in [0.1, 0.15) is 11.3 Å². The summed E-state index contributed by atoms with van der Waals surface area (Å²) in [6.07, 6.45) is 0. The number of hydrogen-bond acceptors (Lipinski definition) is 4. The largest absolute Gasteiger partial charge is 0.482 e. The summed E-state index contributed by atoms with van der Waals surface area (Å²) in [6.45, 7) is 2.57. The molecule has 0 aliphatic carbocycles. The van der Waals surface area contributed by atoms with E-state index >= 15 is 0 Å². The number of fused-ring (bicyclic) bond motifs is 1. The average molecular weight is 265 g/mol. The summed E-state index contributed by atoms with van der Waals surface area (Å²) >= 11 is 0. The van der Waals surface area contributed by atoms with E-state index < -0.39 is 17.4 Å². The third-order valence-corrected chi connectivity index (χ3v) is 3.13. The fourth-order valence-electron chi connectivity index (χ4n) is 2.00. The Labute approximate surface area is 110 Å². The molecule has 0 aromatic heterocycles. The molecule has 0 radical (unpaired) electrons. The van der Waals surface area contributed by atoms with E-state index in [2.05, 4.69) is 0 Å². The Bertz CT molecular complexity index is 538. The zero-order valence-corrected chi connectivity index (χ0v) is 10.7. The molecule has 0 fully saturated rings. The second-order valence-corrected chi connectivity index (χ2v) is 4.84. The Kier molecular flexibility index (Phi) is 3.20. The summed E-state index contributed by atoms with van der Waals surface area (Å²) in [5.41, 5.74) is -0.321. The van der Waals surface area contributed by atoms with E-state index in [-0.39, 0.29) is 13.2 Å². The Morgan fingerprint density at radius 1 is 1.47 bits per heavy atom. The van der Waals surface area contributed by atoms with Gasteiger partial charge in [-0.2, -0.15) is 0 Å². The normalized spacial score (nSPS) is 14.9. The summed E-state index contributed by atoms with van der Waals surface area (Å²) in [6, 6.07) is 4.82. The molecule has 0 saturated carbocycles. The molecule has 2 rings (SSSR count). The molecule has 0 bridgehead atoms. The van der Waals surface area contributed by atoms with Crippen molar-refractivity contribution in [3.05, 3.63) is 23.8 Å². The molecule has 1 aromatic rings. The van der Waals surface area contributed by atoms with Crippen LogP contribution in [0.5, 0.6) is 5.75 Å². The number of hydrogen-bond donors (Lipinski definition) is 2. The minimum atomic E-state index is -1.36. The van der Waals surface area contributed by atoms with Crippen molar-refractivity contribution >= 4 is 17.6 Å². The van der Waals surface area contributed by atoms with Crippen LogP contribution in [-0.2, 0) is 16.2 Å². The van der Waals surface area contributed by atoms with Crippen LogP contribution in [0, 0.1) is 0 Å². The smallest absolute Gasteiger partial charge is 0.329 e. The summed E-state index contributed by atoms with van der Waals surface area (Å²) in [5, 5.41) is 18.3. The third kappa shape index (κ3) is 2.15. The van der Waals surface area contributed by atoms with Gasteiger partial charge in [-0.25, -0.2) is 4.79 Å². The summed E-state index contributed by atoms with van der Waals surface area (Å²) in [5.74, 6) is -1.10. The number of nitrogens with zero attached hydrogens (tertiary/aromatic N) is 1. The van der Waals surface area contributed by atoms with Crippen molar-refractivity contribution < 1.29 is 24.5 Å². The van der Waals surface area contributed by atoms with Crippen LogP contribution < -0.4 is 9.64 Å². The molecule has 102 valence electrons. The predicted octanol–water partition coefficient (Wildman–Crippen LogP) is 0.767. The molecular weight excluding hydrogens is 250 g/mol. The molecule has 1 amide bonds. The molecular formula is C13H15NO5. The standard InChI is InChI=1S/C13H15NO5/c1-13(2,12(17)18)14-9-4-3-8(6-15)5-10(9)19-7-11(14)16/h3-5,15H,6-7H2,1-2H3,(H,17,18). The first-order valence-corrected chi connectivity index (χ1v) is 5.81. The number of carboxylic acid groups (broad SMARTS) is 1. The second kappa shape index (κ2) is 4.55. The quantitative estimate of drug-likeness (QED) is 0.842. The van der Waals surface area contributed by atoms with Crippen molar-refractivity contribution in [3.8, 4) is 5.75 Å². The molecule has 6 nitrogen and oxygen atoms in total. The maximum absolute atomic E-state index is 12.0. The molecule has 1 aliphatic rings. The molecule has 1 heterocycles. The van der Waals surface area contributed by atoms with Gasteiger partial charge in [-0.3, -0.25) is 9.69 Å². The van der Waals surface area contributed by atoms with E-state index in [9.17, 15) is 14.7 Å². The molecule has 0 atom stereocenters. The molecule has 0 saturated heterocycles. The lowest BCUT2D eigenvalue weighted by molar-refractivity contribution is -0.144. The predicted molar refractivity (Wildman–Crippen MR) is 67.1 cm³/mol. The lowest BCUT2D eigenvalue weighted by Crippen LogP contribution is -2.56. The van der Waals surface area contributed by atoms with E-state index in [1.807, 2.05) is 0 Å². The zero-order chi connectivity index (χ0) is 14.2. The SMILES string of the molecule is CC(C)(C(=O)O)N1C(=O)COc2cc(CO)ccc21. The Morgan fingerprint density at radius 2 is 2.16 bits per heavy atom. The molecule has 1 aliphatic heterocycles. The maximum Gasteiger partial charge on any atom is 0.329 e. The minimum Gasteiger partial charge on any atom is -0.482 e. The molecule has 0 unspecified atom stereocenters. The van der Waals surface area contributed by atoms with Gasteiger partial charge in [-0.15, -0.1) is 0 Å². The number of carbonyl (C=O) groups is 2. The van der Waals surface area contributed by atoms with E-state index in [4.69, 9.17) is 9.84 Å². The summed E-state index contributed by atoms with van der Waals surface area (Å²) in [4.78, 5) is 24.5. The molecule has 1 aromatic carbocycles. The van der Waals surface area contributed by atoms with Gasteiger partial charge in [0.05, 0.1) is 12.3 Å². The van der Waals surface area contributed by atoms with E-state index in [1.54, 1.807) is 18.2 Å². The van der Waals surface area contributed by atoms with Gasteiger partial charge < -0.3 is 14.9 Å². The number of amides is 1. The minimum absolute atomic E-state index is 0.146. The van der Waals surface area contributed by atoms with Crippen LogP contribution in [0.2, 0.25) is 0 Å². The number of carbonyl (C=O) groups excluding carboxylic acids is 1. The van der Waals surface area contributed by atoms with Crippen LogP contribution in [0.3, 0.4) is 0 Å². The molecule has 2 N–H and O–H groups in total. The van der Waals surface area contributed by atoms with Crippen molar-refractivity contribution in [1.29, 1.82) is 0 Å². The van der Waals surface area contributed by atoms with Gasteiger partial charge >= 0.3 is 5.97 Å². The van der Waals surface area contributed by atoms with Gasteiger partial charge in [0, 0.05) is 0 Å². The Hall–Kier alpha value is -2.08. The third-order valence-electron chi connectivity index (χ3n) is 3.13. The lowest BCUT2D eigenvalue weighted by Gasteiger charge is -2.38. The number of aliphatic hydroxyl groups is 1. The molecule has 6 heteroatoms. The topological polar surface area (TPSA) is 87.1 Å². The summed E-state index contributed by atoms with van der Waals surface area (Å²) in [7, 11) is 0. The van der Waals surface area contributed by atoms with Crippen molar-refractivity contribution in [3.63, 3.8) is 0 Å². The molecule has 0 spiro atoms. The molecule has 19 heavy (non-hydrogen) atoms. The first-order chi connectivity index (χ1) is 8.87. The number of rotatable bonds is 3. The van der Waals surface area contributed by atoms with Gasteiger partial charge in [0.25, 0.3) is 5.91 Å². The highest BCUT2D eigenvalue weighted by molar-refractivity contribution is 6.04. The maximum atomic E-state index is 12.0. The number of anilines is 1. The van der Waals surface area contributed by atoms with Crippen molar-refractivity contribution in [2.75, 3.05) is 11.5 Å². The van der Waals surface area contributed by atoms with Crippen molar-refractivity contribution in [2.24, 2.45) is 0 Å². The highest BCUT2D eigenvalue weighted by Gasteiger charge is 2.42. The number of ether oxygens (including phenoxy) is 1. The average Bonchev–Trinajstić information content (AvgIpc) is 2.37.